The van der Waals surface area contributed by atoms with Gasteiger partial charge in [0.1, 0.15) is 17.1 Å². The van der Waals surface area contributed by atoms with Gasteiger partial charge in [0.15, 0.2) is 0 Å². The summed E-state index contributed by atoms with van der Waals surface area (Å²) in [5.74, 6) is -0.434. The van der Waals surface area contributed by atoms with Crippen molar-refractivity contribution in [3.8, 4) is 22.8 Å². The molecule has 0 spiro atoms. The number of rotatable bonds is 10. The molecule has 41 heavy (non-hydrogen) atoms. The summed E-state index contributed by atoms with van der Waals surface area (Å²) in [6.45, 7) is 3.47. The Morgan fingerprint density at radius 1 is 1.10 bits per heavy atom. The van der Waals surface area contributed by atoms with Crippen LogP contribution in [0.4, 0.5) is 4.39 Å². The van der Waals surface area contributed by atoms with Gasteiger partial charge in [-0.3, -0.25) is 9.69 Å². The van der Waals surface area contributed by atoms with E-state index in [1.54, 1.807) is 6.07 Å². The Morgan fingerprint density at radius 3 is 2.59 bits per heavy atom. The summed E-state index contributed by atoms with van der Waals surface area (Å²) < 4.78 is 22.4. The SMILES string of the molecule is Cc1cn(C2CCC(NC(=O)c3cc(F)cnc3Oc3cccc(-c4ccc(CN(C)CCO)cc4)c3)CC2)cn1. The number of aryl methyl sites for hydroxylation is 1. The van der Waals surface area contributed by atoms with Crippen molar-refractivity contribution in [2.24, 2.45) is 0 Å². The first-order valence-electron chi connectivity index (χ1n) is 14.0. The second kappa shape index (κ2) is 13.1. The van der Waals surface area contributed by atoms with Crippen LogP contribution in [0.15, 0.2) is 73.3 Å². The van der Waals surface area contributed by atoms with Gasteiger partial charge in [-0.2, -0.15) is 0 Å². The van der Waals surface area contributed by atoms with Gasteiger partial charge in [-0.25, -0.2) is 14.4 Å². The molecule has 0 atom stereocenters. The number of imidazole rings is 1. The lowest BCUT2D eigenvalue weighted by atomic mass is 9.91. The summed E-state index contributed by atoms with van der Waals surface area (Å²) in [6, 6.07) is 17.3. The zero-order chi connectivity index (χ0) is 28.8. The van der Waals surface area contributed by atoms with E-state index in [1.165, 1.54) is 6.07 Å². The molecule has 0 radical (unpaired) electrons. The minimum atomic E-state index is -0.597. The molecule has 0 saturated heterocycles. The van der Waals surface area contributed by atoms with Crippen LogP contribution in [0.25, 0.3) is 11.1 Å². The number of hydrogen-bond donors (Lipinski definition) is 2. The molecule has 0 unspecified atom stereocenters. The first-order valence-corrected chi connectivity index (χ1v) is 14.0. The van der Waals surface area contributed by atoms with Gasteiger partial charge in [0.2, 0.25) is 5.88 Å². The van der Waals surface area contributed by atoms with E-state index in [0.29, 0.717) is 18.3 Å². The van der Waals surface area contributed by atoms with Gasteiger partial charge in [-0.1, -0.05) is 36.4 Å². The highest BCUT2D eigenvalue weighted by molar-refractivity contribution is 5.96. The van der Waals surface area contributed by atoms with E-state index in [0.717, 1.165) is 60.8 Å². The van der Waals surface area contributed by atoms with Crippen LogP contribution in [0.1, 0.15) is 53.3 Å². The summed E-state index contributed by atoms with van der Waals surface area (Å²) in [7, 11) is 1.97. The molecule has 2 heterocycles. The largest absolute Gasteiger partial charge is 0.438 e. The molecular formula is C32H36FN5O3. The fraction of sp³-hybridized carbons (Fsp3) is 0.344. The molecule has 5 rings (SSSR count). The number of halogens is 1. The molecule has 0 aliphatic heterocycles. The van der Waals surface area contributed by atoms with E-state index in [4.69, 9.17) is 9.84 Å². The van der Waals surface area contributed by atoms with E-state index >= 15 is 0 Å². The van der Waals surface area contributed by atoms with Crippen molar-refractivity contribution in [2.45, 2.75) is 51.2 Å². The number of aromatic nitrogens is 3. The molecule has 1 amide bonds. The zero-order valence-corrected chi connectivity index (χ0v) is 23.5. The van der Waals surface area contributed by atoms with Gasteiger partial charge >= 0.3 is 0 Å². The van der Waals surface area contributed by atoms with Crippen molar-refractivity contribution in [2.75, 3.05) is 20.2 Å². The Labute approximate surface area is 239 Å². The Balaban J connectivity index is 1.24. The molecule has 2 aromatic heterocycles. The molecule has 4 aromatic rings. The molecule has 8 nitrogen and oxygen atoms in total. The van der Waals surface area contributed by atoms with Gasteiger partial charge < -0.3 is 19.7 Å². The second-order valence-electron chi connectivity index (χ2n) is 10.7. The van der Waals surface area contributed by atoms with Crippen molar-refractivity contribution in [3.05, 3.63) is 96.0 Å². The third-order valence-electron chi connectivity index (χ3n) is 7.52. The van der Waals surface area contributed by atoms with Crippen molar-refractivity contribution in [3.63, 3.8) is 0 Å². The monoisotopic (exact) mass is 557 g/mol. The van der Waals surface area contributed by atoms with Crippen LogP contribution >= 0.6 is 0 Å². The number of nitrogens with zero attached hydrogens (tertiary/aromatic N) is 4. The highest BCUT2D eigenvalue weighted by Gasteiger charge is 2.25. The number of ether oxygens (including phenoxy) is 1. The van der Waals surface area contributed by atoms with E-state index in [2.05, 4.69) is 43.1 Å². The average molecular weight is 558 g/mol. The molecule has 1 fully saturated rings. The van der Waals surface area contributed by atoms with E-state index in [-0.39, 0.29) is 24.1 Å². The summed E-state index contributed by atoms with van der Waals surface area (Å²) in [4.78, 5) is 23.7. The maximum absolute atomic E-state index is 14.2. The van der Waals surface area contributed by atoms with Crippen LogP contribution in [0.5, 0.6) is 11.6 Å². The number of likely N-dealkylation sites (N-methyl/N-ethyl adjacent to an activating group) is 1. The molecule has 0 bridgehead atoms. The summed E-state index contributed by atoms with van der Waals surface area (Å²) in [5.41, 5.74) is 4.16. The zero-order valence-electron chi connectivity index (χ0n) is 23.5. The number of carbonyl (C=O) groups excluding carboxylic acids is 1. The third-order valence-corrected chi connectivity index (χ3v) is 7.52. The predicted octanol–water partition coefficient (Wildman–Crippen LogP) is 5.52. The van der Waals surface area contributed by atoms with Crippen LogP contribution in [0.3, 0.4) is 0 Å². The van der Waals surface area contributed by atoms with Crippen LogP contribution in [0, 0.1) is 12.7 Å². The Bertz CT molecular complexity index is 1460. The van der Waals surface area contributed by atoms with Crippen molar-refractivity contribution in [1.29, 1.82) is 0 Å². The van der Waals surface area contributed by atoms with Crippen LogP contribution in [-0.2, 0) is 6.54 Å². The molecule has 2 aromatic carbocycles. The maximum Gasteiger partial charge on any atom is 0.257 e. The predicted molar refractivity (Wildman–Crippen MR) is 155 cm³/mol. The van der Waals surface area contributed by atoms with Gasteiger partial charge in [-0.05, 0) is 74.5 Å². The first kappa shape index (κ1) is 28.4. The topological polar surface area (TPSA) is 92.5 Å². The molecule has 1 aliphatic carbocycles. The average Bonchev–Trinajstić information content (AvgIpc) is 3.41. The smallest absolute Gasteiger partial charge is 0.257 e. The van der Waals surface area contributed by atoms with Crippen LogP contribution in [-0.4, -0.2) is 56.7 Å². The summed E-state index contributed by atoms with van der Waals surface area (Å²) in [6.07, 6.45) is 8.48. The van der Waals surface area contributed by atoms with Gasteiger partial charge in [0.05, 0.1) is 24.8 Å². The first-order chi connectivity index (χ1) is 19.9. The highest BCUT2D eigenvalue weighted by Crippen LogP contribution is 2.31. The number of aliphatic hydroxyl groups excluding tert-OH is 1. The molecule has 9 heteroatoms. The molecule has 214 valence electrons. The fourth-order valence-corrected chi connectivity index (χ4v) is 5.31. The number of nitrogens with one attached hydrogen (secondary N) is 1. The quantitative estimate of drug-likeness (QED) is 0.267. The summed E-state index contributed by atoms with van der Waals surface area (Å²) >= 11 is 0. The second-order valence-corrected chi connectivity index (χ2v) is 10.7. The molecule has 2 N–H and O–H groups in total. The normalized spacial score (nSPS) is 17.0. The number of hydrogen-bond acceptors (Lipinski definition) is 6. The van der Waals surface area contributed by atoms with E-state index < -0.39 is 11.7 Å². The molecule has 1 saturated carbocycles. The minimum absolute atomic E-state index is 0.00536. The lowest BCUT2D eigenvalue weighted by Gasteiger charge is -2.30. The highest BCUT2D eigenvalue weighted by atomic mass is 19.1. The van der Waals surface area contributed by atoms with E-state index in [1.807, 2.05) is 50.6 Å². The van der Waals surface area contributed by atoms with Crippen molar-refractivity contribution < 1.29 is 19.0 Å². The number of pyridine rings is 1. The number of aliphatic hydroxyl groups is 1. The van der Waals surface area contributed by atoms with Gasteiger partial charge in [-0.15, -0.1) is 0 Å². The number of amides is 1. The van der Waals surface area contributed by atoms with Crippen LogP contribution < -0.4 is 10.1 Å². The molecular weight excluding hydrogens is 521 g/mol. The lowest BCUT2D eigenvalue weighted by Crippen LogP contribution is -2.38. The maximum atomic E-state index is 14.2. The number of benzene rings is 2. The third kappa shape index (κ3) is 7.36. The van der Waals surface area contributed by atoms with Gasteiger partial charge in [0.25, 0.3) is 5.91 Å². The Morgan fingerprint density at radius 2 is 1.88 bits per heavy atom. The minimum Gasteiger partial charge on any atom is -0.438 e. The lowest BCUT2D eigenvalue weighted by molar-refractivity contribution is 0.0919. The van der Waals surface area contributed by atoms with Gasteiger partial charge in [0, 0.05) is 31.4 Å². The van der Waals surface area contributed by atoms with Crippen molar-refractivity contribution >= 4 is 5.91 Å². The standard InChI is InChI=1S/C32H36FN5O3/c1-22-19-38(21-35-22)28-12-10-27(11-13-28)36-31(40)30-17-26(33)18-34-32(30)41-29-5-3-4-25(16-29)24-8-6-23(7-9-24)20-37(2)14-15-39/h3-9,16-19,21,27-28,39H,10-15,20H2,1-2H3,(H,36,40). The Hall–Kier alpha value is -4.08. The molecule has 1 aliphatic rings. The summed E-state index contributed by atoms with van der Waals surface area (Å²) in [5, 5.41) is 12.2. The fourth-order valence-electron chi connectivity index (χ4n) is 5.31. The number of carbonyl (C=O) groups is 1. The Kier molecular flexibility index (Phi) is 9.06. The van der Waals surface area contributed by atoms with Crippen LogP contribution in [0.2, 0.25) is 0 Å². The van der Waals surface area contributed by atoms with Crippen molar-refractivity contribution in [1.82, 2.24) is 24.8 Å². The van der Waals surface area contributed by atoms with E-state index in [9.17, 15) is 9.18 Å².